The molecule has 0 spiro atoms. The van der Waals surface area contributed by atoms with Gasteiger partial charge in [0, 0.05) is 19.7 Å². The van der Waals surface area contributed by atoms with E-state index < -0.39 is 5.97 Å². The Bertz CT molecular complexity index is 642. The van der Waals surface area contributed by atoms with E-state index in [0.29, 0.717) is 0 Å². The Balaban J connectivity index is 1.94. The molecule has 0 unspecified atom stereocenters. The van der Waals surface area contributed by atoms with Crippen LogP contribution < -0.4 is 0 Å². The van der Waals surface area contributed by atoms with Crippen molar-refractivity contribution in [3.63, 3.8) is 0 Å². The van der Waals surface area contributed by atoms with Crippen molar-refractivity contribution in [3.8, 4) is 0 Å². The highest BCUT2D eigenvalue weighted by molar-refractivity contribution is 5.74. The molecule has 5 heteroatoms. The van der Waals surface area contributed by atoms with Gasteiger partial charge < -0.3 is 9.67 Å². The second-order valence-corrected chi connectivity index (χ2v) is 5.91. The lowest BCUT2D eigenvalue weighted by Gasteiger charge is -2.26. The molecule has 0 saturated heterocycles. The predicted molar refractivity (Wildman–Crippen MR) is 75.4 cm³/mol. The fraction of sp³-hybridized carbons (Fsp3) is 0.533. The number of carboxylic acid groups (broad SMARTS) is 1. The van der Waals surface area contributed by atoms with Crippen LogP contribution in [-0.4, -0.2) is 25.6 Å². The molecule has 0 bridgehead atoms. The first-order valence-corrected chi connectivity index (χ1v) is 7.07. The Morgan fingerprint density at radius 2 is 2.20 bits per heavy atom. The third-order valence-electron chi connectivity index (χ3n) is 4.50. The summed E-state index contributed by atoms with van der Waals surface area (Å²) in [6.45, 7) is 0. The number of nitrogens with zero attached hydrogens (tertiary/aromatic N) is 3. The molecule has 2 aromatic rings. The summed E-state index contributed by atoms with van der Waals surface area (Å²) in [5, 5.41) is 9.19. The van der Waals surface area contributed by atoms with Gasteiger partial charge in [0.05, 0.1) is 18.1 Å². The van der Waals surface area contributed by atoms with Crippen LogP contribution in [0.25, 0.3) is 11.0 Å². The number of aromatic nitrogens is 3. The van der Waals surface area contributed by atoms with Gasteiger partial charge in [-0.3, -0.25) is 9.78 Å². The van der Waals surface area contributed by atoms with Crippen LogP contribution >= 0.6 is 0 Å². The minimum absolute atomic E-state index is 0.117. The van der Waals surface area contributed by atoms with Gasteiger partial charge in [0.15, 0.2) is 0 Å². The molecule has 3 rings (SSSR count). The number of carbonyl (C=O) groups is 1. The SMILES string of the molecule is Cn1c(CC2(CC(=O)O)CCCC2)nc2cnccc21. The third-order valence-corrected chi connectivity index (χ3v) is 4.50. The quantitative estimate of drug-likeness (QED) is 0.929. The molecule has 106 valence electrons. The van der Waals surface area contributed by atoms with Crippen LogP contribution in [0, 0.1) is 5.41 Å². The highest BCUT2D eigenvalue weighted by Crippen LogP contribution is 2.43. The molecule has 1 aliphatic rings. The summed E-state index contributed by atoms with van der Waals surface area (Å²) < 4.78 is 2.07. The van der Waals surface area contributed by atoms with E-state index in [1.807, 2.05) is 13.1 Å². The molecule has 0 atom stereocenters. The second-order valence-electron chi connectivity index (χ2n) is 5.91. The van der Waals surface area contributed by atoms with Gasteiger partial charge in [-0.1, -0.05) is 12.8 Å². The lowest BCUT2D eigenvalue weighted by atomic mass is 9.79. The fourth-order valence-corrected chi connectivity index (χ4v) is 3.46. The minimum atomic E-state index is -0.702. The zero-order chi connectivity index (χ0) is 14.2. The van der Waals surface area contributed by atoms with E-state index in [-0.39, 0.29) is 11.8 Å². The van der Waals surface area contributed by atoms with Gasteiger partial charge in [-0.05, 0) is 24.3 Å². The lowest BCUT2D eigenvalue weighted by Crippen LogP contribution is -2.25. The highest BCUT2D eigenvalue weighted by Gasteiger charge is 2.37. The number of aliphatic carboxylic acids is 1. The van der Waals surface area contributed by atoms with E-state index in [2.05, 4.69) is 14.5 Å². The molecule has 0 aliphatic heterocycles. The number of aryl methyl sites for hydroxylation is 1. The first kappa shape index (κ1) is 13.1. The molecule has 20 heavy (non-hydrogen) atoms. The molecule has 0 aromatic carbocycles. The number of fused-ring (bicyclic) bond motifs is 1. The van der Waals surface area contributed by atoms with Crippen LogP contribution in [0.2, 0.25) is 0 Å². The topological polar surface area (TPSA) is 68.0 Å². The standard InChI is InChI=1S/C15H19N3O2/c1-18-12-4-7-16-10-11(12)17-13(18)8-15(9-14(19)20)5-2-3-6-15/h4,7,10H,2-3,5-6,8-9H2,1H3,(H,19,20). The van der Waals surface area contributed by atoms with Crippen LogP contribution in [0.5, 0.6) is 0 Å². The van der Waals surface area contributed by atoms with Crippen LogP contribution in [-0.2, 0) is 18.3 Å². The Morgan fingerprint density at radius 3 is 2.85 bits per heavy atom. The average molecular weight is 273 g/mol. The third kappa shape index (κ3) is 2.28. The first-order chi connectivity index (χ1) is 9.60. The van der Waals surface area contributed by atoms with Crippen molar-refractivity contribution >= 4 is 17.0 Å². The van der Waals surface area contributed by atoms with E-state index >= 15 is 0 Å². The summed E-state index contributed by atoms with van der Waals surface area (Å²) in [6, 6.07) is 1.95. The van der Waals surface area contributed by atoms with Crippen LogP contribution in [0.15, 0.2) is 18.5 Å². The van der Waals surface area contributed by atoms with E-state index in [4.69, 9.17) is 0 Å². The van der Waals surface area contributed by atoms with E-state index in [9.17, 15) is 9.90 Å². The van der Waals surface area contributed by atoms with Crippen LogP contribution in [0.3, 0.4) is 0 Å². The Labute approximate surface area is 117 Å². The summed E-state index contributed by atoms with van der Waals surface area (Å²) in [6.07, 6.45) is 8.73. The lowest BCUT2D eigenvalue weighted by molar-refractivity contribution is -0.139. The molecule has 5 nitrogen and oxygen atoms in total. The van der Waals surface area contributed by atoms with Gasteiger partial charge in [-0.15, -0.1) is 0 Å². The Morgan fingerprint density at radius 1 is 1.45 bits per heavy atom. The van der Waals surface area contributed by atoms with E-state index in [1.54, 1.807) is 12.4 Å². The molecule has 2 aromatic heterocycles. The molecule has 0 amide bonds. The number of imidazole rings is 1. The summed E-state index contributed by atoms with van der Waals surface area (Å²) >= 11 is 0. The minimum Gasteiger partial charge on any atom is -0.481 e. The predicted octanol–water partition coefficient (Wildman–Crippen LogP) is 2.55. The Kier molecular flexibility index (Phi) is 3.20. The molecule has 1 aliphatic carbocycles. The molecule has 0 radical (unpaired) electrons. The maximum atomic E-state index is 11.2. The number of hydrogen-bond acceptors (Lipinski definition) is 3. The van der Waals surface area contributed by atoms with Gasteiger partial charge in [0.1, 0.15) is 11.3 Å². The van der Waals surface area contributed by atoms with E-state index in [0.717, 1.165) is 49.0 Å². The molecule has 1 N–H and O–H groups in total. The molecular weight excluding hydrogens is 254 g/mol. The second kappa shape index (κ2) is 4.89. The van der Waals surface area contributed by atoms with Crippen LogP contribution in [0.1, 0.15) is 37.9 Å². The number of carboxylic acids is 1. The van der Waals surface area contributed by atoms with Crippen molar-refractivity contribution in [2.24, 2.45) is 12.5 Å². The summed E-state index contributed by atoms with van der Waals surface area (Å²) in [5.41, 5.74) is 1.82. The fourth-order valence-electron chi connectivity index (χ4n) is 3.46. The molecular formula is C15H19N3O2. The van der Waals surface area contributed by atoms with Gasteiger partial charge >= 0.3 is 5.97 Å². The van der Waals surface area contributed by atoms with Crippen molar-refractivity contribution in [2.75, 3.05) is 0 Å². The molecule has 2 heterocycles. The van der Waals surface area contributed by atoms with Gasteiger partial charge in [0.25, 0.3) is 0 Å². The van der Waals surface area contributed by atoms with E-state index in [1.165, 1.54) is 0 Å². The van der Waals surface area contributed by atoms with Crippen molar-refractivity contribution < 1.29 is 9.90 Å². The number of pyridine rings is 1. The maximum absolute atomic E-state index is 11.2. The zero-order valence-electron chi connectivity index (χ0n) is 11.7. The normalized spacial score (nSPS) is 17.6. The first-order valence-electron chi connectivity index (χ1n) is 7.07. The summed E-state index contributed by atoms with van der Waals surface area (Å²) in [5.74, 6) is 0.267. The molecule has 1 saturated carbocycles. The highest BCUT2D eigenvalue weighted by atomic mass is 16.4. The van der Waals surface area contributed by atoms with Crippen molar-refractivity contribution in [1.82, 2.24) is 14.5 Å². The zero-order valence-corrected chi connectivity index (χ0v) is 11.7. The van der Waals surface area contributed by atoms with Crippen molar-refractivity contribution in [2.45, 2.75) is 38.5 Å². The number of rotatable bonds is 4. The van der Waals surface area contributed by atoms with Crippen LogP contribution in [0.4, 0.5) is 0 Å². The smallest absolute Gasteiger partial charge is 0.303 e. The van der Waals surface area contributed by atoms with Crippen molar-refractivity contribution in [1.29, 1.82) is 0 Å². The maximum Gasteiger partial charge on any atom is 0.303 e. The van der Waals surface area contributed by atoms with Gasteiger partial charge in [-0.2, -0.15) is 0 Å². The van der Waals surface area contributed by atoms with Gasteiger partial charge in [0.2, 0.25) is 0 Å². The number of hydrogen-bond donors (Lipinski definition) is 1. The molecule has 1 fully saturated rings. The average Bonchev–Trinajstić information content (AvgIpc) is 2.96. The summed E-state index contributed by atoms with van der Waals surface area (Å²) in [4.78, 5) is 19.9. The largest absolute Gasteiger partial charge is 0.481 e. The Hall–Kier alpha value is -1.91. The summed E-state index contributed by atoms with van der Waals surface area (Å²) in [7, 11) is 1.99. The van der Waals surface area contributed by atoms with Gasteiger partial charge in [-0.25, -0.2) is 4.98 Å². The van der Waals surface area contributed by atoms with Crippen molar-refractivity contribution in [3.05, 3.63) is 24.3 Å². The monoisotopic (exact) mass is 273 g/mol.